The Hall–Kier alpha value is -8.52. The minimum absolute atomic E-state index is 0.00582. The lowest BCUT2D eigenvalue weighted by molar-refractivity contribution is 0.251. The number of benzene rings is 8. The average molecular weight is 2130 g/mol. The molecule has 4 heterocycles. The molecule has 4 amide bonds. The van der Waals surface area contributed by atoms with Crippen molar-refractivity contribution in [3.05, 3.63) is 186 Å². The van der Waals surface area contributed by atoms with E-state index in [-0.39, 0.29) is 129 Å². The largest absolute Gasteiger partial charge is 0.504 e. The van der Waals surface area contributed by atoms with E-state index in [0.717, 1.165) is 22.0 Å². The van der Waals surface area contributed by atoms with Crippen LogP contribution >= 0.6 is 81.2 Å². The summed E-state index contributed by atoms with van der Waals surface area (Å²) >= 11 is 40.9. The average Bonchev–Trinajstić information content (AvgIpc) is 0.783. The first-order valence-corrected chi connectivity index (χ1v) is 49.7. The summed E-state index contributed by atoms with van der Waals surface area (Å²) in [6, 6.07) is 26.4. The summed E-state index contributed by atoms with van der Waals surface area (Å²) < 4.78 is 239. The first kappa shape index (κ1) is 114. The van der Waals surface area contributed by atoms with Crippen LogP contribution < -0.4 is 43.4 Å². The molecule has 724 valence electrons. The summed E-state index contributed by atoms with van der Waals surface area (Å²) in [6.45, 7) is 10.2. The van der Waals surface area contributed by atoms with Gasteiger partial charge >= 0.3 is 47.0 Å². The number of piperazine rings is 4. The van der Waals surface area contributed by atoms with Crippen molar-refractivity contribution in [3.8, 4) is 23.0 Å². The summed E-state index contributed by atoms with van der Waals surface area (Å²) in [5, 5.41) is 74.1. The summed E-state index contributed by atoms with van der Waals surface area (Å²) in [6.07, 6.45) is 1.28. The molecule has 4 aliphatic rings. The van der Waals surface area contributed by atoms with Crippen LogP contribution in [0.3, 0.4) is 0 Å². The van der Waals surface area contributed by atoms with Crippen LogP contribution in [0.5, 0.6) is 23.0 Å². The third-order valence-electron chi connectivity index (χ3n) is 17.9. The number of phenolic OH excluding ortho intramolecular Hbond substituents is 4. The lowest BCUT2D eigenvalue weighted by atomic mass is 9.84. The zero-order valence-electron chi connectivity index (χ0n) is 68.4. The molecule has 4 saturated heterocycles. The van der Waals surface area contributed by atoms with Crippen molar-refractivity contribution in [1.29, 1.82) is 0 Å². The van der Waals surface area contributed by atoms with Crippen LogP contribution in [0.15, 0.2) is 157 Å². The molecule has 0 unspecified atom stereocenters. The second kappa shape index (κ2) is 50.3. The lowest BCUT2D eigenvalue weighted by Crippen LogP contribution is -2.52. The predicted octanol–water partition coefficient (Wildman–Crippen LogP) is 8.62. The Morgan fingerprint density at radius 2 is 0.674 bits per heavy atom. The molecule has 0 saturated carbocycles. The highest BCUT2D eigenvalue weighted by molar-refractivity contribution is 7.90. The lowest BCUT2D eigenvalue weighted by Gasteiger charge is -2.34. The monoisotopic (exact) mass is 2130 g/mol. The molecule has 0 radical (unpaired) electrons. The molecule has 12 rings (SSSR count). The highest BCUT2D eigenvalue weighted by Gasteiger charge is 2.39. The molecule has 4 aliphatic heterocycles. The molecule has 0 aromatic heterocycles. The van der Waals surface area contributed by atoms with E-state index in [1.54, 1.807) is 35.4 Å². The number of carbonyl (C=O) groups excluding carboxylic acids is 3. The second-order valence-corrected chi connectivity index (χ2v) is 40.4. The second-order valence-electron chi connectivity index (χ2n) is 26.9. The molecule has 4 fully saturated rings. The summed E-state index contributed by atoms with van der Waals surface area (Å²) in [5.74, 6) is -4.50. The number of amides is 4. The maximum Gasteiger partial charge on any atom is 0.394 e. The number of aryl methyl sites for hydroxylation is 1. The quantitative estimate of drug-likeness (QED) is 0.0107. The van der Waals surface area contributed by atoms with Crippen LogP contribution in [0.2, 0.25) is 48.8 Å². The Balaban J connectivity index is 0.000000283. The number of nitrogens with one attached hydrogen (secondary N) is 6. The zero-order chi connectivity index (χ0) is 99.7. The fourth-order valence-electron chi connectivity index (χ4n) is 11.4. The Bertz CT molecular complexity index is 6290. The molecule has 132 heavy (non-hydrogen) atoms. The number of phenols is 4. The van der Waals surface area contributed by atoms with Gasteiger partial charge < -0.3 is 83.5 Å². The number of urea groups is 2. The minimum Gasteiger partial charge on any atom is -0.504 e. The van der Waals surface area contributed by atoms with Crippen molar-refractivity contribution >= 4 is 224 Å². The summed E-state index contributed by atoms with van der Waals surface area (Å²) in [5.41, 5.74) is 11.6. The van der Waals surface area contributed by atoms with Gasteiger partial charge in [-0.25, -0.2) is 61.2 Å². The Morgan fingerprint density at radius 3 is 0.970 bits per heavy atom. The topological polar surface area (TPSA) is 669 Å². The zero-order valence-corrected chi connectivity index (χ0v) is 79.4. The van der Waals surface area contributed by atoms with Crippen LogP contribution in [-0.4, -0.2) is 276 Å². The van der Waals surface area contributed by atoms with Crippen molar-refractivity contribution < 1.29 is 140 Å². The summed E-state index contributed by atoms with van der Waals surface area (Å²) in [4.78, 5) is 39.2. The van der Waals surface area contributed by atoms with Crippen molar-refractivity contribution in [2.45, 2.75) is 45.0 Å². The van der Waals surface area contributed by atoms with Crippen molar-refractivity contribution in [2.24, 2.45) is 4.99 Å². The van der Waals surface area contributed by atoms with Crippen LogP contribution in [0.4, 0.5) is 62.6 Å². The fourth-order valence-corrected chi connectivity index (χ4v) is 20.5. The number of nitrogens with two attached hydrogens (primary N) is 2. The van der Waals surface area contributed by atoms with Gasteiger partial charge in [-0.1, -0.05) is 117 Å². The number of nitrogens with zero attached hydrogens (tertiary/aromatic N) is 7. The molecular formula is C70H83B2Cl7F3N15O28S7. The highest BCUT2D eigenvalue weighted by atomic mass is 35.5. The number of rotatable bonds is 16. The van der Waals surface area contributed by atoms with E-state index in [9.17, 15) is 100 Å². The number of sulfonamides is 4. The van der Waals surface area contributed by atoms with Gasteiger partial charge in [-0.05, 0) is 118 Å². The highest BCUT2D eigenvalue weighted by Crippen LogP contribution is 2.43. The van der Waals surface area contributed by atoms with Gasteiger partial charge in [-0.3, -0.25) is 22.8 Å². The van der Waals surface area contributed by atoms with Crippen LogP contribution in [0.1, 0.15) is 5.56 Å². The van der Waals surface area contributed by atoms with Crippen LogP contribution in [0.25, 0.3) is 0 Å². The van der Waals surface area contributed by atoms with Gasteiger partial charge in [-0.2, -0.15) is 47.5 Å². The van der Waals surface area contributed by atoms with Gasteiger partial charge in [0.05, 0.1) is 74.8 Å². The third-order valence-corrected chi connectivity index (χ3v) is 29.5. The number of halogens is 10. The van der Waals surface area contributed by atoms with E-state index in [1.165, 1.54) is 122 Å². The van der Waals surface area contributed by atoms with E-state index in [1.807, 2.05) is 6.92 Å². The third kappa shape index (κ3) is 33.8. The standard InChI is InChI=1S/C18H20BCl2FN4O5S.C17H17Cl2FN4O4S.C11H17BClN3O4S.C10H14ClN3O3S.C7H3ClFNO.C7H8O3S.2H2O4S/c1-19(29)25-7-9-26(10-8-25)32(30,31)17-11(20)5-6-14(16(17)27)24-18(28)23-13-4-2-3-12(22)15(13)21;18-10-4-5-13(23-17(26)22-12-3-1-2-11(20)14(12)19)15(25)16(10)29(27,28)24-8-6-21-7-9-24;1-12(18)15-4-6-16(7-5-15)21(19,20)11-8(13)2-3-9(14)10(11)17;11-7-1-2-8(12)9(15)10(7)18(16,17)14-5-3-13-4-6-14;8-7-5(9)2-1-3-6(7)10-4-11;1-6-2-4-7(5-3-6)11(8,9)10;2*1-5(2,3)4/h2-6,27,29H,7-10H2,1H3,(H2,23,24,28);1-5,21,25H,6-9H2,(H2,22,23,26);2-3,17-18H,4-7,14H2,1H3;1-2,13,15H,3-6,12H2;1-3H;2-5H,1H3,(H,8,9,10);2*(H2,1,2,3,4). The number of isocyanates is 1. The van der Waals surface area contributed by atoms with Crippen molar-refractivity contribution in [2.75, 3.05) is 137 Å². The van der Waals surface area contributed by atoms with Gasteiger partial charge in [0.25, 0.3) is 10.1 Å². The van der Waals surface area contributed by atoms with E-state index < -0.39 is 147 Å². The van der Waals surface area contributed by atoms with E-state index in [4.69, 9.17) is 132 Å². The maximum atomic E-state index is 13.5. The van der Waals surface area contributed by atoms with E-state index in [2.05, 4.69) is 36.9 Å². The summed E-state index contributed by atoms with van der Waals surface area (Å²) in [7, 11) is -30.7. The molecule has 0 aliphatic carbocycles. The van der Waals surface area contributed by atoms with Crippen molar-refractivity contribution in [3.63, 3.8) is 0 Å². The SMILES string of the molecule is CB(O)N1CCN(S(=O)(=O)c2c(Cl)ccc(N)c2O)CC1.CB(O)N1CCN(S(=O)(=O)c2c(Cl)ccc(NC(=O)Nc3cccc(F)c3Cl)c2O)CC1.Cc1ccc(S(=O)(=O)O)cc1.Nc1ccc(Cl)c(S(=O)(=O)N2CCNCC2)c1O.O=C(Nc1ccc(Cl)c(S(=O)(=O)N2CCNCC2)c1O)Nc1cccc(F)c1Cl.O=C=Nc1cccc(F)c1Cl.O=S(=O)(O)O.O=S(=O)(O)O. The molecule has 8 aromatic carbocycles. The molecule has 62 heteroatoms. The smallest absolute Gasteiger partial charge is 0.394 e. The number of anilines is 6. The van der Waals surface area contributed by atoms with Crippen LogP contribution in [-0.2, 0) is 75.8 Å². The van der Waals surface area contributed by atoms with Gasteiger partial charge in [0.15, 0.2) is 23.0 Å². The maximum absolute atomic E-state index is 13.5. The molecule has 8 aromatic rings. The molecule has 43 nitrogen and oxygen atoms in total. The number of nitrogen functional groups attached to an aromatic ring is 2. The van der Waals surface area contributed by atoms with E-state index >= 15 is 0 Å². The Kier molecular flexibility index (Phi) is 43.5. The molecule has 0 bridgehead atoms. The predicted molar refractivity (Wildman–Crippen MR) is 490 cm³/mol. The van der Waals surface area contributed by atoms with Gasteiger partial charge in [0.1, 0.15) is 42.1 Å². The fraction of sp³-hybridized carbons (Fsp3) is 0.271. The molecule has 0 spiro atoms. The van der Waals surface area contributed by atoms with Gasteiger partial charge in [0.2, 0.25) is 46.2 Å². The Morgan fingerprint density at radius 1 is 0.402 bits per heavy atom. The van der Waals surface area contributed by atoms with E-state index in [0.29, 0.717) is 65.4 Å². The molecular weight excluding hydrogens is 2050 g/mol. The van der Waals surface area contributed by atoms with Crippen molar-refractivity contribution in [1.82, 2.24) is 37.5 Å². The molecule has 0 atom stereocenters. The normalized spacial score (nSPS) is 14.9. The number of aromatic hydroxyl groups is 4. The molecule has 21 N–H and O–H groups in total. The van der Waals surface area contributed by atoms with Gasteiger partial charge in [0, 0.05) is 105 Å². The van der Waals surface area contributed by atoms with Gasteiger partial charge in [-0.15, -0.1) is 0 Å². The number of hydrogen-bond acceptors (Lipinski definition) is 30. The number of carbonyl (C=O) groups is 2. The first-order valence-electron chi connectivity index (χ1n) is 37.0. The minimum atomic E-state index is -4.67. The Labute approximate surface area is 791 Å². The van der Waals surface area contributed by atoms with Crippen LogP contribution in [0, 0.1) is 24.4 Å². The first-order chi connectivity index (χ1) is 61.2. The number of aliphatic imine (C=N–C) groups is 1. The number of hydrogen-bond donors (Lipinski definition) is 19.